The molecule has 0 saturated heterocycles. The zero-order valence-electron chi connectivity index (χ0n) is 10.4. The van der Waals surface area contributed by atoms with Crippen LogP contribution in [0.15, 0.2) is 42.5 Å². The van der Waals surface area contributed by atoms with Crippen molar-refractivity contribution in [1.82, 2.24) is 0 Å². The van der Waals surface area contributed by atoms with Crippen molar-refractivity contribution >= 4 is 0 Å². The molecule has 0 spiro atoms. The van der Waals surface area contributed by atoms with Crippen LogP contribution in [0, 0.1) is 6.92 Å². The van der Waals surface area contributed by atoms with Crippen molar-refractivity contribution in [3.63, 3.8) is 0 Å². The van der Waals surface area contributed by atoms with E-state index in [2.05, 4.69) is 44.2 Å². The Balaban J connectivity index is 2.58. The van der Waals surface area contributed by atoms with Gasteiger partial charge in [0.2, 0.25) is 0 Å². The summed E-state index contributed by atoms with van der Waals surface area (Å²) in [6.45, 7) is 4.41. The van der Waals surface area contributed by atoms with Crippen LogP contribution in [0.5, 0.6) is 0 Å². The van der Waals surface area contributed by atoms with E-state index >= 15 is 0 Å². The van der Waals surface area contributed by atoms with Crippen molar-refractivity contribution < 1.29 is 5.11 Å². The highest BCUT2D eigenvalue weighted by Gasteiger charge is 2.07. The standard InChI is InChI=1S/C16H18O/c1-3-14-8-4-6-12(2)16(14)15-9-5-7-13(10-15)11-17/h4-10,17H,3,11H2,1-2H3. The van der Waals surface area contributed by atoms with Crippen molar-refractivity contribution in [2.45, 2.75) is 26.9 Å². The number of rotatable bonds is 3. The lowest BCUT2D eigenvalue weighted by Gasteiger charge is -2.12. The van der Waals surface area contributed by atoms with Crippen LogP contribution >= 0.6 is 0 Å². The molecular weight excluding hydrogens is 208 g/mol. The molecule has 0 aliphatic carbocycles. The fraction of sp³-hybridized carbons (Fsp3) is 0.250. The number of aliphatic hydroxyl groups excluding tert-OH is 1. The molecule has 1 heteroatoms. The normalized spacial score (nSPS) is 10.5. The summed E-state index contributed by atoms with van der Waals surface area (Å²) >= 11 is 0. The van der Waals surface area contributed by atoms with Gasteiger partial charge in [0.05, 0.1) is 6.61 Å². The summed E-state index contributed by atoms with van der Waals surface area (Å²) in [6.07, 6.45) is 1.03. The minimum absolute atomic E-state index is 0.0984. The molecule has 0 unspecified atom stereocenters. The molecular formula is C16H18O. The maximum absolute atomic E-state index is 9.20. The van der Waals surface area contributed by atoms with Gasteiger partial charge in [0.25, 0.3) is 0 Å². The highest BCUT2D eigenvalue weighted by molar-refractivity contribution is 5.71. The summed E-state index contributed by atoms with van der Waals surface area (Å²) in [5.74, 6) is 0. The first-order valence-corrected chi connectivity index (χ1v) is 6.05. The lowest BCUT2D eigenvalue weighted by molar-refractivity contribution is 0.282. The number of hydrogen-bond acceptors (Lipinski definition) is 1. The van der Waals surface area contributed by atoms with E-state index in [0.29, 0.717) is 0 Å². The molecule has 0 bridgehead atoms. The second-order valence-electron chi connectivity index (χ2n) is 4.32. The molecule has 1 nitrogen and oxygen atoms in total. The first kappa shape index (κ1) is 11.9. The molecule has 17 heavy (non-hydrogen) atoms. The fourth-order valence-corrected chi connectivity index (χ4v) is 2.26. The molecule has 0 amide bonds. The zero-order chi connectivity index (χ0) is 12.3. The second-order valence-corrected chi connectivity index (χ2v) is 4.32. The van der Waals surface area contributed by atoms with Crippen molar-refractivity contribution in [3.05, 3.63) is 59.2 Å². The van der Waals surface area contributed by atoms with Gasteiger partial charge in [-0.05, 0) is 47.2 Å². The Labute approximate surface area is 103 Å². The van der Waals surface area contributed by atoms with Gasteiger partial charge in [0.15, 0.2) is 0 Å². The Morgan fingerprint density at radius 3 is 2.53 bits per heavy atom. The van der Waals surface area contributed by atoms with Crippen LogP contribution in [-0.4, -0.2) is 5.11 Å². The Morgan fingerprint density at radius 1 is 1.06 bits per heavy atom. The number of aryl methyl sites for hydroxylation is 2. The molecule has 2 rings (SSSR count). The average molecular weight is 226 g/mol. The lowest BCUT2D eigenvalue weighted by atomic mass is 9.93. The predicted molar refractivity (Wildman–Crippen MR) is 71.9 cm³/mol. The van der Waals surface area contributed by atoms with Crippen LogP contribution < -0.4 is 0 Å². The van der Waals surface area contributed by atoms with Gasteiger partial charge in [0.1, 0.15) is 0 Å². The highest BCUT2D eigenvalue weighted by Crippen LogP contribution is 2.28. The van der Waals surface area contributed by atoms with Gasteiger partial charge >= 0.3 is 0 Å². The van der Waals surface area contributed by atoms with Gasteiger partial charge in [0, 0.05) is 0 Å². The van der Waals surface area contributed by atoms with E-state index in [0.717, 1.165) is 12.0 Å². The van der Waals surface area contributed by atoms with Crippen LogP contribution in [0.4, 0.5) is 0 Å². The largest absolute Gasteiger partial charge is 0.392 e. The molecule has 0 aromatic heterocycles. The maximum Gasteiger partial charge on any atom is 0.0682 e. The molecule has 88 valence electrons. The van der Waals surface area contributed by atoms with E-state index < -0.39 is 0 Å². The number of aliphatic hydroxyl groups is 1. The molecule has 0 aliphatic heterocycles. The Bertz CT molecular complexity index is 515. The van der Waals surface area contributed by atoms with E-state index in [1.807, 2.05) is 12.1 Å². The number of benzene rings is 2. The topological polar surface area (TPSA) is 20.2 Å². The Kier molecular flexibility index (Phi) is 3.60. The van der Waals surface area contributed by atoms with E-state index in [9.17, 15) is 5.11 Å². The minimum Gasteiger partial charge on any atom is -0.392 e. The Hall–Kier alpha value is -1.60. The van der Waals surface area contributed by atoms with Gasteiger partial charge in [-0.25, -0.2) is 0 Å². The SMILES string of the molecule is CCc1cccc(C)c1-c1cccc(CO)c1. The first-order valence-electron chi connectivity index (χ1n) is 6.05. The van der Waals surface area contributed by atoms with Crippen molar-refractivity contribution in [1.29, 1.82) is 0 Å². The summed E-state index contributed by atoms with van der Waals surface area (Å²) < 4.78 is 0. The van der Waals surface area contributed by atoms with E-state index in [1.54, 1.807) is 0 Å². The summed E-state index contributed by atoms with van der Waals surface area (Å²) in [5, 5.41) is 9.20. The highest BCUT2D eigenvalue weighted by atomic mass is 16.3. The van der Waals surface area contributed by atoms with Crippen LogP contribution in [0.1, 0.15) is 23.6 Å². The molecule has 1 N–H and O–H groups in total. The molecule has 0 saturated carbocycles. The van der Waals surface area contributed by atoms with Crippen LogP contribution in [-0.2, 0) is 13.0 Å². The molecule has 0 fully saturated rings. The molecule has 0 radical (unpaired) electrons. The second kappa shape index (κ2) is 5.15. The summed E-state index contributed by atoms with van der Waals surface area (Å²) in [4.78, 5) is 0. The van der Waals surface area contributed by atoms with Crippen molar-refractivity contribution in [2.24, 2.45) is 0 Å². The quantitative estimate of drug-likeness (QED) is 0.845. The van der Waals surface area contributed by atoms with Gasteiger partial charge < -0.3 is 5.11 Å². The Morgan fingerprint density at radius 2 is 1.82 bits per heavy atom. The number of hydrogen-bond donors (Lipinski definition) is 1. The van der Waals surface area contributed by atoms with Gasteiger partial charge in [-0.3, -0.25) is 0 Å². The summed E-state index contributed by atoms with van der Waals surface area (Å²) in [7, 11) is 0. The zero-order valence-corrected chi connectivity index (χ0v) is 10.4. The van der Waals surface area contributed by atoms with Crippen LogP contribution in [0.3, 0.4) is 0 Å². The molecule has 0 heterocycles. The van der Waals surface area contributed by atoms with E-state index in [4.69, 9.17) is 0 Å². The average Bonchev–Trinajstić information content (AvgIpc) is 2.38. The molecule has 0 atom stereocenters. The molecule has 2 aromatic carbocycles. The lowest BCUT2D eigenvalue weighted by Crippen LogP contribution is -1.92. The molecule has 0 aliphatic rings. The predicted octanol–water partition coefficient (Wildman–Crippen LogP) is 3.72. The minimum atomic E-state index is 0.0984. The van der Waals surface area contributed by atoms with E-state index in [-0.39, 0.29) is 6.61 Å². The van der Waals surface area contributed by atoms with E-state index in [1.165, 1.54) is 22.3 Å². The summed E-state index contributed by atoms with van der Waals surface area (Å²) in [6, 6.07) is 14.6. The third kappa shape index (κ3) is 2.40. The summed E-state index contributed by atoms with van der Waals surface area (Å²) in [5.41, 5.74) is 6.13. The van der Waals surface area contributed by atoms with Crippen LogP contribution in [0.25, 0.3) is 11.1 Å². The van der Waals surface area contributed by atoms with Crippen molar-refractivity contribution in [3.8, 4) is 11.1 Å². The smallest absolute Gasteiger partial charge is 0.0682 e. The molecule has 2 aromatic rings. The van der Waals surface area contributed by atoms with Crippen LogP contribution in [0.2, 0.25) is 0 Å². The van der Waals surface area contributed by atoms with Gasteiger partial charge in [-0.2, -0.15) is 0 Å². The first-order chi connectivity index (χ1) is 8.26. The third-order valence-corrected chi connectivity index (χ3v) is 3.14. The third-order valence-electron chi connectivity index (χ3n) is 3.14. The maximum atomic E-state index is 9.20. The fourth-order valence-electron chi connectivity index (χ4n) is 2.26. The monoisotopic (exact) mass is 226 g/mol. The van der Waals surface area contributed by atoms with Gasteiger partial charge in [-0.15, -0.1) is 0 Å². The van der Waals surface area contributed by atoms with Gasteiger partial charge in [-0.1, -0.05) is 43.3 Å². The van der Waals surface area contributed by atoms with Crippen molar-refractivity contribution in [2.75, 3.05) is 0 Å².